The molecule has 3 heterocycles. The fourth-order valence-electron chi connectivity index (χ4n) is 8.46. The van der Waals surface area contributed by atoms with Crippen molar-refractivity contribution < 1.29 is 52.1 Å². The van der Waals surface area contributed by atoms with Crippen LogP contribution in [-0.2, 0) is 44.8 Å². The Hall–Kier alpha value is -6.18. The number of ether oxygens (including phenoxy) is 2. The van der Waals surface area contributed by atoms with Crippen LogP contribution in [-0.4, -0.2) is 132 Å². The van der Waals surface area contributed by atoms with Crippen LogP contribution in [0.5, 0.6) is 0 Å². The third kappa shape index (κ3) is 14.4. The minimum Gasteiger partial charge on any atom is -0.461 e. The van der Waals surface area contributed by atoms with Gasteiger partial charge in [0.15, 0.2) is 0 Å². The number of nitrogens with one attached hydrogen (secondary N) is 4. The Kier molecular flexibility index (Phi) is 18.8. The molecule has 5 atom stereocenters. The van der Waals surface area contributed by atoms with E-state index >= 15 is 4.39 Å². The van der Waals surface area contributed by atoms with Gasteiger partial charge in [-0.05, 0) is 48.6 Å². The number of rotatable bonds is 21. The number of aromatic nitrogens is 1. The highest BCUT2D eigenvalue weighted by atomic mass is 19.1. The van der Waals surface area contributed by atoms with Gasteiger partial charge < -0.3 is 55.9 Å². The maximum atomic E-state index is 15.1. The van der Waals surface area contributed by atoms with Crippen LogP contribution in [0.4, 0.5) is 8.78 Å². The van der Waals surface area contributed by atoms with Crippen LogP contribution < -0.4 is 27.0 Å². The number of carbonyl (C=O) groups excluding carboxylic acids is 6. The van der Waals surface area contributed by atoms with Crippen molar-refractivity contribution in [2.75, 3.05) is 53.0 Å². The molecule has 0 bridgehead atoms. The van der Waals surface area contributed by atoms with Gasteiger partial charge in [-0.2, -0.15) is 0 Å². The van der Waals surface area contributed by atoms with Gasteiger partial charge in [0, 0.05) is 93.7 Å². The molecule has 1 saturated heterocycles. The number of hydrogen-bond acceptors (Lipinski definition) is 11. The average molecular weight is 949 g/mol. The normalized spacial score (nSPS) is 17.6. The molecular weight excluding hydrogens is 883 g/mol. The first-order chi connectivity index (χ1) is 32.3. The molecule has 2 aliphatic heterocycles. The maximum absolute atomic E-state index is 15.1. The molecule has 68 heavy (non-hydrogen) atoms. The fraction of sp³-hybridized carbons (Fsp3) is 0.510. The second-order valence-corrected chi connectivity index (χ2v) is 18.4. The molecular formula is C49H66F2N8O9. The molecule has 7 N–H and O–H groups in total. The number of hydrogen-bond donors (Lipinski definition) is 6. The van der Waals surface area contributed by atoms with Gasteiger partial charge >= 0.3 is 5.97 Å². The van der Waals surface area contributed by atoms with Crippen molar-refractivity contribution in [1.82, 2.24) is 35.6 Å². The molecule has 0 aliphatic carbocycles. The summed E-state index contributed by atoms with van der Waals surface area (Å²) >= 11 is 0. The number of carbonyl (C=O) groups is 6. The minimum atomic E-state index is -1.04. The second kappa shape index (κ2) is 24.2. The van der Waals surface area contributed by atoms with E-state index in [-0.39, 0.29) is 55.9 Å². The Morgan fingerprint density at radius 1 is 0.971 bits per heavy atom. The number of aliphatic hydroxyl groups is 1. The van der Waals surface area contributed by atoms with Gasteiger partial charge in [0.2, 0.25) is 29.5 Å². The van der Waals surface area contributed by atoms with Crippen LogP contribution in [0.1, 0.15) is 77.6 Å². The predicted molar refractivity (Wildman–Crippen MR) is 249 cm³/mol. The summed E-state index contributed by atoms with van der Waals surface area (Å²) in [6.45, 7) is 9.11. The molecule has 1 aromatic heterocycles. The van der Waals surface area contributed by atoms with Gasteiger partial charge in [0.1, 0.15) is 43.0 Å². The van der Waals surface area contributed by atoms with Crippen molar-refractivity contribution in [3.63, 3.8) is 0 Å². The topological polar surface area (TPSA) is 227 Å². The number of amides is 5. The second-order valence-electron chi connectivity index (χ2n) is 18.4. The maximum Gasteiger partial charge on any atom is 0.325 e. The van der Waals surface area contributed by atoms with E-state index in [9.17, 15) is 38.3 Å². The van der Waals surface area contributed by atoms with Crippen LogP contribution in [0.15, 0.2) is 72.6 Å². The molecule has 2 aromatic carbocycles. The van der Waals surface area contributed by atoms with E-state index in [1.54, 1.807) is 24.1 Å². The van der Waals surface area contributed by atoms with E-state index in [4.69, 9.17) is 15.2 Å². The Bertz CT molecular complexity index is 2280. The summed E-state index contributed by atoms with van der Waals surface area (Å²) in [5, 5.41) is 21.3. The van der Waals surface area contributed by atoms with E-state index < -0.39 is 77.7 Å². The summed E-state index contributed by atoms with van der Waals surface area (Å²) in [6.07, 6.45) is 3.71. The van der Waals surface area contributed by atoms with Gasteiger partial charge in [0.25, 0.3) is 0 Å². The predicted octanol–water partition coefficient (Wildman–Crippen LogP) is 2.91. The number of benzene rings is 2. The lowest BCUT2D eigenvalue weighted by atomic mass is 9.82. The summed E-state index contributed by atoms with van der Waals surface area (Å²) in [5.41, 5.74) is 8.45. The summed E-state index contributed by atoms with van der Waals surface area (Å²) in [5.74, 6) is -4.17. The monoisotopic (exact) mass is 948 g/mol. The molecule has 370 valence electrons. The fourth-order valence-corrected chi connectivity index (χ4v) is 8.46. The summed E-state index contributed by atoms with van der Waals surface area (Å²) in [7, 11) is 1.40. The molecule has 5 unspecified atom stereocenters. The number of esters is 1. The zero-order valence-corrected chi connectivity index (χ0v) is 39.7. The van der Waals surface area contributed by atoms with Crippen LogP contribution in [0, 0.1) is 23.0 Å². The van der Waals surface area contributed by atoms with Crippen LogP contribution in [0.2, 0.25) is 0 Å². The van der Waals surface area contributed by atoms with Crippen molar-refractivity contribution >= 4 is 35.5 Å². The number of piperidine rings is 1. The molecule has 1 fully saturated rings. The summed E-state index contributed by atoms with van der Waals surface area (Å²) in [4.78, 5) is 80.1. The average Bonchev–Trinajstić information content (AvgIpc) is 3.90. The van der Waals surface area contributed by atoms with Gasteiger partial charge in [-0.1, -0.05) is 64.1 Å². The standard InChI is InChI=1S/C49H66F2N8O9/c1-30-22-35(56-44(30)48(66)55-26-43(63)68-36-15-19-57(20-16-36)41(61)25-54-46(64)31(2)67-6)14-18-53-47(65)39(52)17-21-59(42(62)29-60)45(49(3,4)5)40-23-33(37-24-34(50)12-13-38(37)51)28-58(40)27-32-10-8-7-9-11-32/h7-13,22-24,28,30-31,36,39,44-45,56,60H,14-21,25-27,29,52H2,1-6H3,(H,53,65)(H,54,64)(H,55,66). The lowest BCUT2D eigenvalue weighted by Crippen LogP contribution is -2.48. The van der Waals surface area contributed by atoms with Gasteiger partial charge in [-0.25, -0.2) is 8.78 Å². The van der Waals surface area contributed by atoms with Crippen LogP contribution >= 0.6 is 0 Å². The number of nitrogens with two attached hydrogens (primary N) is 1. The first-order valence-corrected chi connectivity index (χ1v) is 22.9. The molecule has 0 saturated carbocycles. The van der Waals surface area contributed by atoms with Crippen LogP contribution in [0.3, 0.4) is 0 Å². The summed E-state index contributed by atoms with van der Waals surface area (Å²) < 4.78 is 41.9. The molecule has 0 radical (unpaired) electrons. The Labute approximate surface area is 396 Å². The molecule has 17 nitrogen and oxygen atoms in total. The number of methoxy groups -OCH3 is 1. The van der Waals surface area contributed by atoms with Crippen molar-refractivity contribution in [3.8, 4) is 11.1 Å². The first kappa shape index (κ1) is 52.8. The zero-order valence-electron chi connectivity index (χ0n) is 39.7. The third-order valence-corrected chi connectivity index (χ3v) is 12.2. The van der Waals surface area contributed by atoms with Crippen LogP contribution in [0.25, 0.3) is 11.1 Å². The number of halogens is 2. The Morgan fingerprint density at radius 2 is 1.68 bits per heavy atom. The van der Waals surface area contributed by atoms with Crippen molar-refractivity contribution in [2.45, 2.75) is 97.2 Å². The number of nitrogens with zero attached hydrogens (tertiary/aromatic N) is 3. The molecule has 19 heteroatoms. The summed E-state index contributed by atoms with van der Waals surface area (Å²) in [6, 6.07) is 12.1. The Balaban J connectivity index is 1.10. The highest BCUT2D eigenvalue weighted by Crippen LogP contribution is 2.41. The minimum absolute atomic E-state index is 0.0115. The van der Waals surface area contributed by atoms with Crippen molar-refractivity contribution in [1.29, 1.82) is 0 Å². The largest absolute Gasteiger partial charge is 0.461 e. The molecule has 2 aliphatic rings. The third-order valence-electron chi connectivity index (χ3n) is 12.2. The van der Waals surface area contributed by atoms with E-state index in [1.165, 1.54) is 12.0 Å². The van der Waals surface area contributed by atoms with Gasteiger partial charge in [-0.15, -0.1) is 0 Å². The highest BCUT2D eigenvalue weighted by molar-refractivity contribution is 5.88. The quantitative estimate of drug-likeness (QED) is 0.0852. The molecule has 3 aromatic rings. The van der Waals surface area contributed by atoms with Crippen molar-refractivity contribution in [2.24, 2.45) is 17.1 Å². The number of likely N-dealkylation sites (tertiary alicyclic amines) is 1. The highest BCUT2D eigenvalue weighted by Gasteiger charge is 2.38. The Morgan fingerprint density at radius 3 is 2.34 bits per heavy atom. The first-order valence-electron chi connectivity index (χ1n) is 22.9. The zero-order chi connectivity index (χ0) is 49.7. The van der Waals surface area contributed by atoms with E-state index in [1.807, 2.05) is 68.7 Å². The SMILES string of the molecule is COC(C)C(=O)NCC(=O)N1CCC(OC(=O)CNC(=O)C2NC(CCNC(=O)C(N)CCN(C(=O)CO)C(c3cc(-c4cc(F)ccc4F)cn3Cc3ccccc3)C(C)(C)C)=CC2C)CC1. The van der Waals surface area contributed by atoms with E-state index in [0.717, 1.165) is 23.8 Å². The molecule has 5 rings (SSSR count). The molecule has 0 spiro atoms. The van der Waals surface area contributed by atoms with Crippen molar-refractivity contribution in [3.05, 3.63) is 95.5 Å². The lowest BCUT2D eigenvalue weighted by molar-refractivity contribution is -0.152. The van der Waals surface area contributed by atoms with Gasteiger partial charge in [-0.3, -0.25) is 28.8 Å². The van der Waals surface area contributed by atoms with E-state index in [0.29, 0.717) is 55.9 Å². The lowest BCUT2D eigenvalue weighted by Gasteiger charge is -2.41. The van der Waals surface area contributed by atoms with Gasteiger partial charge in [0.05, 0.1) is 18.6 Å². The van der Waals surface area contributed by atoms with E-state index in [2.05, 4.69) is 21.3 Å². The smallest absolute Gasteiger partial charge is 0.325 e. The molecule has 5 amide bonds. The number of aliphatic hydroxyl groups excluding tert-OH is 1.